The largest absolute Gasteiger partial charge is 0.497 e. The first-order chi connectivity index (χ1) is 13.6. The summed E-state index contributed by atoms with van der Waals surface area (Å²) in [4.78, 5) is 13.3. The quantitative estimate of drug-likeness (QED) is 0.716. The Hall–Kier alpha value is -1.85. The minimum atomic E-state index is 0.789. The van der Waals surface area contributed by atoms with Crippen LogP contribution >= 0.6 is 0 Å². The van der Waals surface area contributed by atoms with Crippen molar-refractivity contribution >= 4 is 0 Å². The molecule has 0 unspecified atom stereocenters. The van der Waals surface area contributed by atoms with E-state index in [1.807, 2.05) is 0 Å². The van der Waals surface area contributed by atoms with Crippen LogP contribution in [-0.4, -0.2) is 60.1 Å². The summed E-state index contributed by atoms with van der Waals surface area (Å²) in [6.07, 6.45) is 4.62. The van der Waals surface area contributed by atoms with Crippen molar-refractivity contribution in [3.05, 3.63) is 47.0 Å². The van der Waals surface area contributed by atoms with Crippen LogP contribution in [0.4, 0.5) is 0 Å². The van der Waals surface area contributed by atoms with Gasteiger partial charge in [0.1, 0.15) is 11.6 Å². The van der Waals surface area contributed by atoms with Crippen LogP contribution in [0.15, 0.2) is 24.3 Å². The predicted octanol–water partition coefficient (Wildman–Crippen LogP) is 3.68. The average Bonchev–Trinajstić information content (AvgIpc) is 3.07. The molecule has 0 aliphatic carbocycles. The lowest BCUT2D eigenvalue weighted by Gasteiger charge is -2.33. The Bertz CT molecular complexity index is 717. The zero-order chi connectivity index (χ0) is 19.9. The van der Waals surface area contributed by atoms with Gasteiger partial charge in [0.2, 0.25) is 0 Å². The van der Waals surface area contributed by atoms with Gasteiger partial charge in [-0.1, -0.05) is 19.1 Å². The summed E-state index contributed by atoms with van der Waals surface area (Å²) >= 11 is 0. The molecule has 3 rings (SSSR count). The van der Waals surface area contributed by atoms with Crippen molar-refractivity contribution in [1.29, 1.82) is 0 Å². The predicted molar refractivity (Wildman–Crippen MR) is 115 cm³/mol. The molecule has 2 aromatic rings. The summed E-state index contributed by atoms with van der Waals surface area (Å²) in [5.41, 5.74) is 3.79. The van der Waals surface area contributed by atoms with Crippen LogP contribution in [0.3, 0.4) is 0 Å². The van der Waals surface area contributed by atoms with Gasteiger partial charge >= 0.3 is 0 Å². The molecule has 1 aromatic carbocycles. The number of aromatic nitrogens is 2. The van der Waals surface area contributed by atoms with Gasteiger partial charge in [0, 0.05) is 31.7 Å². The summed E-state index contributed by atoms with van der Waals surface area (Å²) < 4.78 is 5.28. The normalized spacial score (nSPS) is 16.0. The Morgan fingerprint density at radius 2 is 1.93 bits per heavy atom. The fraction of sp³-hybridized carbons (Fsp3) is 0.609. The highest BCUT2D eigenvalue weighted by Crippen LogP contribution is 2.20. The molecule has 0 radical (unpaired) electrons. The molecule has 1 N–H and O–H groups in total. The highest BCUT2D eigenvalue weighted by atomic mass is 16.5. The molecule has 1 aliphatic heterocycles. The molecular formula is C23H36N4O. The van der Waals surface area contributed by atoms with Gasteiger partial charge in [-0.3, -0.25) is 4.90 Å². The van der Waals surface area contributed by atoms with Crippen LogP contribution in [-0.2, 0) is 19.4 Å². The van der Waals surface area contributed by atoms with E-state index in [1.54, 1.807) is 7.11 Å². The molecule has 1 aromatic heterocycles. The third-order valence-corrected chi connectivity index (χ3v) is 5.97. The van der Waals surface area contributed by atoms with E-state index in [0.717, 1.165) is 50.0 Å². The number of H-pyrrole nitrogens is 1. The fourth-order valence-corrected chi connectivity index (χ4v) is 4.02. The third kappa shape index (κ3) is 5.82. The second kappa shape index (κ2) is 10.1. The standard InChI is InChI=1S/C23H36N4O/c1-5-23-24-18(2)22(25-23)17-27(16-20-10-13-26(3)14-11-20)15-12-19-6-8-21(28-4)9-7-19/h6-9,20H,5,10-17H2,1-4H3,(H,24,25). The SMILES string of the molecule is CCc1nc(CN(CCc2ccc(OC)cc2)CC2CCN(C)CC2)c(C)[nH]1. The Kier molecular flexibility index (Phi) is 7.51. The van der Waals surface area contributed by atoms with E-state index in [9.17, 15) is 0 Å². The first kappa shape index (κ1) is 20.9. The number of hydrogen-bond acceptors (Lipinski definition) is 4. The number of methoxy groups -OCH3 is 1. The van der Waals surface area contributed by atoms with Crippen molar-refractivity contribution in [2.45, 2.75) is 46.1 Å². The number of piperidine rings is 1. The van der Waals surface area contributed by atoms with E-state index < -0.39 is 0 Å². The summed E-state index contributed by atoms with van der Waals surface area (Å²) in [6, 6.07) is 8.48. The molecule has 1 saturated heterocycles. The van der Waals surface area contributed by atoms with Crippen molar-refractivity contribution in [1.82, 2.24) is 19.8 Å². The highest BCUT2D eigenvalue weighted by molar-refractivity contribution is 5.27. The van der Waals surface area contributed by atoms with E-state index in [-0.39, 0.29) is 0 Å². The Balaban J connectivity index is 1.64. The van der Waals surface area contributed by atoms with Crippen molar-refractivity contribution in [3.63, 3.8) is 0 Å². The van der Waals surface area contributed by atoms with Crippen LogP contribution in [0.5, 0.6) is 5.75 Å². The lowest BCUT2D eigenvalue weighted by molar-refractivity contribution is 0.156. The average molecular weight is 385 g/mol. The lowest BCUT2D eigenvalue weighted by atomic mass is 9.96. The molecule has 154 valence electrons. The minimum absolute atomic E-state index is 0.789. The van der Waals surface area contributed by atoms with Crippen LogP contribution < -0.4 is 4.74 Å². The Morgan fingerprint density at radius 1 is 1.21 bits per heavy atom. The molecule has 1 fully saturated rings. The molecule has 0 atom stereocenters. The molecule has 5 heteroatoms. The first-order valence-electron chi connectivity index (χ1n) is 10.7. The maximum absolute atomic E-state index is 5.28. The summed E-state index contributed by atoms with van der Waals surface area (Å²) in [7, 11) is 3.95. The topological polar surface area (TPSA) is 44.4 Å². The van der Waals surface area contributed by atoms with Gasteiger partial charge in [0.05, 0.1) is 12.8 Å². The number of benzene rings is 1. The number of likely N-dealkylation sites (tertiary alicyclic amines) is 1. The molecule has 1 aliphatic rings. The Labute approximate surface area is 170 Å². The van der Waals surface area contributed by atoms with Crippen LogP contribution in [0.1, 0.15) is 42.5 Å². The second-order valence-corrected chi connectivity index (χ2v) is 8.19. The van der Waals surface area contributed by atoms with Crippen molar-refractivity contribution in [2.24, 2.45) is 5.92 Å². The molecule has 0 bridgehead atoms. The number of imidazole rings is 1. The number of nitrogens with zero attached hydrogens (tertiary/aromatic N) is 3. The minimum Gasteiger partial charge on any atom is -0.497 e. The lowest BCUT2D eigenvalue weighted by Crippen LogP contribution is -2.37. The number of aryl methyl sites for hydroxylation is 2. The van der Waals surface area contributed by atoms with E-state index in [2.05, 4.69) is 59.9 Å². The zero-order valence-electron chi connectivity index (χ0n) is 18.0. The van der Waals surface area contributed by atoms with E-state index >= 15 is 0 Å². The monoisotopic (exact) mass is 384 g/mol. The second-order valence-electron chi connectivity index (χ2n) is 8.19. The zero-order valence-corrected chi connectivity index (χ0v) is 18.0. The molecule has 2 heterocycles. The van der Waals surface area contributed by atoms with Crippen LogP contribution in [0.2, 0.25) is 0 Å². The number of rotatable bonds is 9. The Morgan fingerprint density at radius 3 is 2.54 bits per heavy atom. The van der Waals surface area contributed by atoms with Gasteiger partial charge in [-0.25, -0.2) is 4.98 Å². The van der Waals surface area contributed by atoms with Gasteiger partial charge in [-0.15, -0.1) is 0 Å². The van der Waals surface area contributed by atoms with Crippen molar-refractivity contribution in [3.8, 4) is 5.75 Å². The third-order valence-electron chi connectivity index (χ3n) is 5.97. The number of aromatic amines is 1. The van der Waals surface area contributed by atoms with Crippen molar-refractivity contribution < 1.29 is 4.74 Å². The molecule has 0 saturated carbocycles. The summed E-state index contributed by atoms with van der Waals surface area (Å²) in [5.74, 6) is 2.81. The van der Waals surface area contributed by atoms with Crippen LogP contribution in [0.25, 0.3) is 0 Å². The molecule has 28 heavy (non-hydrogen) atoms. The van der Waals surface area contributed by atoms with E-state index in [4.69, 9.17) is 9.72 Å². The molecule has 5 nitrogen and oxygen atoms in total. The number of nitrogens with one attached hydrogen (secondary N) is 1. The van der Waals surface area contributed by atoms with Gasteiger partial charge in [0.15, 0.2) is 0 Å². The van der Waals surface area contributed by atoms with Gasteiger partial charge in [-0.2, -0.15) is 0 Å². The number of ether oxygens (including phenoxy) is 1. The van der Waals surface area contributed by atoms with Gasteiger partial charge in [-0.05, 0) is 69.9 Å². The van der Waals surface area contributed by atoms with E-state index in [1.165, 1.54) is 42.9 Å². The maximum Gasteiger partial charge on any atom is 0.118 e. The van der Waals surface area contributed by atoms with E-state index in [0.29, 0.717) is 0 Å². The highest BCUT2D eigenvalue weighted by Gasteiger charge is 2.21. The fourth-order valence-electron chi connectivity index (χ4n) is 4.02. The summed E-state index contributed by atoms with van der Waals surface area (Å²) in [5, 5.41) is 0. The molecular weight excluding hydrogens is 348 g/mol. The smallest absolute Gasteiger partial charge is 0.118 e. The first-order valence-corrected chi connectivity index (χ1v) is 10.7. The molecule has 0 amide bonds. The van der Waals surface area contributed by atoms with Gasteiger partial charge in [0.25, 0.3) is 0 Å². The van der Waals surface area contributed by atoms with Crippen LogP contribution in [0, 0.1) is 12.8 Å². The number of hydrogen-bond donors (Lipinski definition) is 1. The maximum atomic E-state index is 5.28. The van der Waals surface area contributed by atoms with Gasteiger partial charge < -0.3 is 14.6 Å². The van der Waals surface area contributed by atoms with Crippen molar-refractivity contribution in [2.75, 3.05) is 40.3 Å². The molecule has 0 spiro atoms. The summed E-state index contributed by atoms with van der Waals surface area (Å²) in [6.45, 7) is 9.91.